The summed E-state index contributed by atoms with van der Waals surface area (Å²) >= 11 is 0. The number of hydrogen-bond donors (Lipinski definition) is 1. The van der Waals surface area contributed by atoms with Crippen molar-refractivity contribution in [2.24, 2.45) is 0 Å². The Bertz CT molecular complexity index is 1120. The molecule has 0 aliphatic carbocycles. The number of nitrogens with zero attached hydrogens (tertiary/aromatic N) is 2. The highest BCUT2D eigenvalue weighted by Crippen LogP contribution is 2.36. The zero-order chi connectivity index (χ0) is 27.5. The number of rotatable bonds is 6. The molecule has 4 rings (SSSR count). The molecule has 0 bridgehead atoms. The summed E-state index contributed by atoms with van der Waals surface area (Å²) in [6.07, 6.45) is -14.1. The van der Waals surface area contributed by atoms with Crippen LogP contribution in [-0.2, 0) is 16.1 Å². The molecule has 1 atom stereocenters. The molecular weight excluding hydrogens is 516 g/mol. The molecule has 0 aromatic heterocycles. The van der Waals surface area contributed by atoms with E-state index < -0.39 is 30.5 Å². The lowest BCUT2D eigenvalue weighted by molar-refractivity contribution is -0.314. The molecule has 1 N–H and O–H groups in total. The maximum absolute atomic E-state index is 13.4. The summed E-state index contributed by atoms with van der Waals surface area (Å²) in [5.41, 5.74) is 2.56. The molecule has 12 heteroatoms. The number of amides is 1. The first-order valence-corrected chi connectivity index (χ1v) is 12.2. The van der Waals surface area contributed by atoms with Crippen LogP contribution in [0.1, 0.15) is 28.8 Å². The van der Waals surface area contributed by atoms with E-state index in [0.717, 1.165) is 24.0 Å². The summed E-state index contributed by atoms with van der Waals surface area (Å²) in [5.74, 6) is -1.84. The van der Waals surface area contributed by atoms with Crippen molar-refractivity contribution < 1.29 is 40.7 Å². The van der Waals surface area contributed by atoms with Gasteiger partial charge in [0.2, 0.25) is 0 Å². The van der Waals surface area contributed by atoms with Crippen LogP contribution in [0.3, 0.4) is 0 Å². The number of halogens is 6. The Morgan fingerprint density at radius 3 is 2.21 bits per heavy atom. The van der Waals surface area contributed by atoms with E-state index in [0.29, 0.717) is 30.8 Å². The molecule has 2 aromatic rings. The summed E-state index contributed by atoms with van der Waals surface area (Å²) in [7, 11) is 0. The number of alkyl halides is 6. The molecule has 2 aromatic carbocycles. The number of nitrogens with one attached hydrogen (secondary N) is 1. The van der Waals surface area contributed by atoms with E-state index in [-0.39, 0.29) is 25.5 Å². The first kappa shape index (κ1) is 27.9. The summed E-state index contributed by atoms with van der Waals surface area (Å²) in [4.78, 5) is 29.2. The lowest BCUT2D eigenvalue weighted by Crippen LogP contribution is -2.57. The van der Waals surface area contributed by atoms with Gasteiger partial charge in [-0.1, -0.05) is 42.5 Å². The Kier molecular flexibility index (Phi) is 8.31. The van der Waals surface area contributed by atoms with Crippen molar-refractivity contribution >= 4 is 11.9 Å². The van der Waals surface area contributed by atoms with Gasteiger partial charge < -0.3 is 15.0 Å². The summed E-state index contributed by atoms with van der Waals surface area (Å²) in [6.45, 7) is 1.45. The van der Waals surface area contributed by atoms with Crippen LogP contribution in [-0.4, -0.2) is 78.9 Å². The van der Waals surface area contributed by atoms with Gasteiger partial charge in [0.05, 0.1) is 0 Å². The van der Waals surface area contributed by atoms with Crippen LogP contribution in [0.4, 0.5) is 26.3 Å². The fourth-order valence-corrected chi connectivity index (χ4v) is 4.71. The normalized spacial score (nSPS) is 19.1. The van der Waals surface area contributed by atoms with Crippen molar-refractivity contribution in [3.05, 3.63) is 59.7 Å². The number of benzene rings is 2. The fourth-order valence-electron chi connectivity index (χ4n) is 4.71. The number of hydrogen-bond acceptors (Lipinski definition) is 5. The highest BCUT2D eigenvalue weighted by molar-refractivity contribution is 5.97. The monoisotopic (exact) mass is 543 g/mol. The third-order valence-corrected chi connectivity index (χ3v) is 6.67. The maximum atomic E-state index is 13.4. The lowest BCUT2D eigenvalue weighted by atomic mass is 9.97. The standard InChI is InChI=1S/C26H27F6N3O3/c27-25(28,29)24(26(30,31)32)38-23(37)21-15-33-10-13-35(21)16-19-9-8-18(17-6-2-1-3-7-17)14-20(19)22(36)34-11-4-5-12-34/h1-3,6-9,14,21,24,33H,4-5,10-13,15-16H2. The predicted octanol–water partition coefficient (Wildman–Crippen LogP) is 4.40. The minimum absolute atomic E-state index is 0.0336. The van der Waals surface area contributed by atoms with Gasteiger partial charge in [-0.3, -0.25) is 14.5 Å². The minimum atomic E-state index is -5.80. The average Bonchev–Trinajstić information content (AvgIpc) is 3.41. The van der Waals surface area contributed by atoms with Crippen LogP contribution in [0.25, 0.3) is 11.1 Å². The largest absolute Gasteiger partial charge is 0.442 e. The molecule has 2 aliphatic heterocycles. The Balaban J connectivity index is 1.61. The number of ether oxygens (including phenoxy) is 1. The molecule has 2 fully saturated rings. The number of carbonyl (C=O) groups excluding carboxylic acids is 2. The molecule has 0 saturated carbocycles. The van der Waals surface area contributed by atoms with Crippen molar-refractivity contribution in [2.45, 2.75) is 43.9 Å². The van der Waals surface area contributed by atoms with E-state index in [1.54, 1.807) is 23.1 Å². The molecule has 2 aliphatic rings. The van der Waals surface area contributed by atoms with Gasteiger partial charge in [-0.15, -0.1) is 0 Å². The van der Waals surface area contributed by atoms with E-state index in [1.807, 2.05) is 30.3 Å². The third-order valence-electron chi connectivity index (χ3n) is 6.67. The Hall–Kier alpha value is -3.12. The topological polar surface area (TPSA) is 61.9 Å². The Morgan fingerprint density at radius 2 is 1.58 bits per heavy atom. The minimum Gasteiger partial charge on any atom is -0.442 e. The second kappa shape index (κ2) is 11.3. The highest BCUT2D eigenvalue weighted by atomic mass is 19.4. The van der Waals surface area contributed by atoms with Crippen molar-refractivity contribution in [1.29, 1.82) is 0 Å². The molecule has 6 nitrogen and oxygen atoms in total. The Morgan fingerprint density at radius 1 is 0.921 bits per heavy atom. The molecule has 38 heavy (non-hydrogen) atoms. The van der Waals surface area contributed by atoms with Gasteiger partial charge in [-0.2, -0.15) is 26.3 Å². The molecule has 1 amide bonds. The Labute approximate surface area is 215 Å². The van der Waals surface area contributed by atoms with E-state index in [9.17, 15) is 35.9 Å². The quantitative estimate of drug-likeness (QED) is 0.433. The second-order valence-corrected chi connectivity index (χ2v) is 9.33. The number of carbonyl (C=O) groups is 2. The third kappa shape index (κ3) is 6.47. The molecule has 0 radical (unpaired) electrons. The lowest BCUT2D eigenvalue weighted by Gasteiger charge is -2.36. The number of likely N-dealkylation sites (tertiary alicyclic amines) is 1. The van der Waals surface area contributed by atoms with Crippen molar-refractivity contribution in [3.63, 3.8) is 0 Å². The second-order valence-electron chi connectivity index (χ2n) is 9.33. The first-order valence-electron chi connectivity index (χ1n) is 12.2. The van der Waals surface area contributed by atoms with Gasteiger partial charge in [0.15, 0.2) is 0 Å². The van der Waals surface area contributed by atoms with Gasteiger partial charge in [0.25, 0.3) is 12.0 Å². The van der Waals surface area contributed by atoms with Crippen molar-refractivity contribution in [2.75, 3.05) is 32.7 Å². The van der Waals surface area contributed by atoms with E-state index in [2.05, 4.69) is 10.1 Å². The van der Waals surface area contributed by atoms with Crippen molar-refractivity contribution in [3.8, 4) is 11.1 Å². The molecule has 2 saturated heterocycles. The average molecular weight is 544 g/mol. The van der Waals surface area contributed by atoms with Gasteiger partial charge in [0.1, 0.15) is 6.04 Å². The smallest absolute Gasteiger partial charge is 0.434 e. The highest BCUT2D eigenvalue weighted by Gasteiger charge is 2.60. The predicted molar refractivity (Wildman–Crippen MR) is 126 cm³/mol. The first-order chi connectivity index (χ1) is 17.9. The van der Waals surface area contributed by atoms with Crippen LogP contribution in [0.5, 0.6) is 0 Å². The van der Waals surface area contributed by atoms with Crippen LogP contribution >= 0.6 is 0 Å². The fraction of sp³-hybridized carbons (Fsp3) is 0.462. The van der Waals surface area contributed by atoms with E-state index in [1.165, 1.54) is 4.90 Å². The van der Waals surface area contributed by atoms with Crippen LogP contribution in [0.15, 0.2) is 48.5 Å². The molecule has 0 spiro atoms. The van der Waals surface area contributed by atoms with Crippen molar-refractivity contribution in [1.82, 2.24) is 15.1 Å². The van der Waals surface area contributed by atoms with Gasteiger partial charge >= 0.3 is 18.3 Å². The van der Waals surface area contributed by atoms with E-state index in [4.69, 9.17) is 0 Å². The van der Waals surface area contributed by atoms with Crippen LogP contribution in [0, 0.1) is 0 Å². The molecule has 1 unspecified atom stereocenters. The van der Waals surface area contributed by atoms with Gasteiger partial charge in [0, 0.05) is 44.8 Å². The van der Waals surface area contributed by atoms with E-state index >= 15 is 0 Å². The number of esters is 1. The van der Waals surface area contributed by atoms with Gasteiger partial charge in [-0.25, -0.2) is 0 Å². The summed E-state index contributed by atoms with van der Waals surface area (Å²) in [6, 6.07) is 13.2. The molecular formula is C26H27F6N3O3. The molecule has 206 valence electrons. The zero-order valence-electron chi connectivity index (χ0n) is 20.3. The molecule has 2 heterocycles. The van der Waals surface area contributed by atoms with Crippen LogP contribution in [0.2, 0.25) is 0 Å². The number of piperazine rings is 1. The van der Waals surface area contributed by atoms with Gasteiger partial charge in [-0.05, 0) is 35.6 Å². The summed E-state index contributed by atoms with van der Waals surface area (Å²) < 4.78 is 81.9. The van der Waals surface area contributed by atoms with Crippen LogP contribution < -0.4 is 5.32 Å². The summed E-state index contributed by atoms with van der Waals surface area (Å²) in [5, 5.41) is 2.81. The zero-order valence-corrected chi connectivity index (χ0v) is 20.3. The maximum Gasteiger partial charge on any atom is 0.434 e. The SMILES string of the molecule is O=C(OC(C(F)(F)F)C(F)(F)F)C1CNCCN1Cc1ccc(-c2ccccc2)cc1C(=O)N1CCCC1.